The fourth-order valence-electron chi connectivity index (χ4n) is 6.69. The Morgan fingerprint density at radius 3 is 1.36 bits per heavy atom. The Morgan fingerprint density at radius 2 is 0.889 bits per heavy atom. The summed E-state index contributed by atoms with van der Waals surface area (Å²) in [6, 6.07) is 43.4. The van der Waals surface area contributed by atoms with Gasteiger partial charge in [0.2, 0.25) is 0 Å². The van der Waals surface area contributed by atoms with Crippen LogP contribution in [-0.2, 0) is 11.8 Å². The Kier molecular flexibility index (Phi) is 4.85. The molecule has 0 saturated heterocycles. The molecule has 0 aromatic heterocycles. The van der Waals surface area contributed by atoms with Gasteiger partial charge in [0.1, 0.15) is 0 Å². The van der Waals surface area contributed by atoms with E-state index in [1.807, 2.05) is 0 Å². The largest absolute Gasteiger partial charge is 0.0791 e. The number of hydrogen-bond acceptors (Lipinski definition) is 0. The highest BCUT2D eigenvalue weighted by Crippen LogP contribution is 2.61. The van der Waals surface area contributed by atoms with Crippen LogP contribution in [0, 0.1) is 0 Å². The third-order valence-corrected chi connectivity index (χ3v) is 8.28. The van der Waals surface area contributed by atoms with Crippen LogP contribution >= 0.6 is 22.6 Å². The predicted molar refractivity (Wildman–Crippen MR) is 160 cm³/mol. The minimum absolute atomic E-state index is 0.213. The minimum Gasteiger partial charge on any atom is -0.0791 e. The Labute approximate surface area is 227 Å². The van der Waals surface area contributed by atoms with Crippen LogP contribution in [0.3, 0.4) is 0 Å². The summed E-state index contributed by atoms with van der Waals surface area (Å²) < 4.78 is 0.213. The third-order valence-electron chi connectivity index (χ3n) is 7.90. The monoisotopic (exact) mass is 574 g/mol. The maximum atomic E-state index is 2.57. The topological polar surface area (TPSA) is 0 Å². The fraction of sp³-hybridized carbons (Fsp3) is 0.143. The van der Waals surface area contributed by atoms with Crippen LogP contribution in [0.1, 0.15) is 41.7 Å². The van der Waals surface area contributed by atoms with Gasteiger partial charge in [0.05, 0.1) is 5.41 Å². The van der Waals surface area contributed by atoms with E-state index in [9.17, 15) is 0 Å². The van der Waals surface area contributed by atoms with Crippen LogP contribution < -0.4 is 0 Å². The van der Waals surface area contributed by atoms with Crippen molar-refractivity contribution in [3.8, 4) is 33.4 Å². The molecule has 0 radical (unpaired) electrons. The maximum absolute atomic E-state index is 2.57. The van der Waals surface area contributed by atoms with Crippen molar-refractivity contribution in [3.05, 3.63) is 143 Å². The zero-order valence-electron chi connectivity index (χ0n) is 20.6. The van der Waals surface area contributed by atoms with Gasteiger partial charge in [-0.2, -0.15) is 0 Å². The minimum atomic E-state index is -0.365. The van der Waals surface area contributed by atoms with Crippen molar-refractivity contribution in [1.82, 2.24) is 0 Å². The first-order valence-electron chi connectivity index (χ1n) is 12.7. The lowest BCUT2D eigenvalue weighted by atomic mass is 9.66. The Balaban J connectivity index is 1.66. The van der Waals surface area contributed by atoms with E-state index in [1.54, 1.807) is 0 Å². The zero-order valence-corrected chi connectivity index (χ0v) is 22.7. The normalized spacial score (nSPS) is 14.3. The molecule has 174 valence electrons. The first-order chi connectivity index (χ1) is 17.5. The molecule has 1 heteroatoms. The van der Waals surface area contributed by atoms with Gasteiger partial charge in [-0.05, 0) is 67.6 Å². The second kappa shape index (κ2) is 7.91. The van der Waals surface area contributed by atoms with Crippen molar-refractivity contribution >= 4 is 22.6 Å². The highest BCUT2D eigenvalue weighted by atomic mass is 127. The summed E-state index contributed by atoms with van der Waals surface area (Å²) in [4.78, 5) is 0. The number of rotatable bonds is 2. The molecule has 0 nitrogen and oxygen atoms in total. The number of benzene rings is 5. The van der Waals surface area contributed by atoms with Gasteiger partial charge in [-0.25, -0.2) is 0 Å². The average molecular weight is 575 g/mol. The second-order valence-electron chi connectivity index (χ2n) is 10.7. The second-order valence-corrected chi connectivity index (χ2v) is 13.6. The van der Waals surface area contributed by atoms with Crippen LogP contribution in [0.4, 0.5) is 0 Å². The molecule has 1 spiro atoms. The first kappa shape index (κ1) is 22.1. The first-order valence-corrected chi connectivity index (χ1v) is 13.8. The lowest BCUT2D eigenvalue weighted by Gasteiger charge is -2.35. The van der Waals surface area contributed by atoms with Crippen LogP contribution in [0.2, 0.25) is 0 Å². The number of fused-ring (bicyclic) bond motifs is 12. The van der Waals surface area contributed by atoms with Crippen molar-refractivity contribution in [2.45, 2.75) is 29.1 Å². The van der Waals surface area contributed by atoms with E-state index in [0.717, 1.165) is 6.42 Å². The molecule has 0 fully saturated rings. The zero-order chi connectivity index (χ0) is 24.5. The molecule has 5 aromatic rings. The summed E-state index contributed by atoms with van der Waals surface area (Å²) in [5.74, 6) is 0. The molecule has 0 bridgehead atoms. The van der Waals surface area contributed by atoms with Crippen molar-refractivity contribution in [2.24, 2.45) is 0 Å². The summed E-state index contributed by atoms with van der Waals surface area (Å²) in [7, 11) is 0. The predicted octanol–water partition coefficient (Wildman–Crippen LogP) is 9.45. The van der Waals surface area contributed by atoms with Gasteiger partial charge >= 0.3 is 0 Å². The standard InChI is InChI=1S/C35H27I/c1-34(2,36)22-23-19-20-33-29(21-23)28-15-7-10-18-32(28)35(33)30-16-8-5-13-26(30)24-11-3-4-12-25(24)27-14-6-9-17-31(27)35/h3-21H,22H2,1-2H3. The van der Waals surface area contributed by atoms with Crippen molar-refractivity contribution < 1.29 is 0 Å². The lowest BCUT2D eigenvalue weighted by Crippen LogP contribution is -2.29. The highest BCUT2D eigenvalue weighted by Gasteiger charge is 2.49. The van der Waals surface area contributed by atoms with E-state index in [0.29, 0.717) is 0 Å². The molecule has 2 aliphatic carbocycles. The smallest absolute Gasteiger partial charge is 0.0725 e. The lowest BCUT2D eigenvalue weighted by molar-refractivity contribution is 0.741. The molecule has 0 atom stereocenters. The SMILES string of the molecule is CC(C)(I)Cc1ccc2c(c1)-c1ccccc1C21c2ccccc2-c2ccccc2-c2ccccc21. The molecule has 0 N–H and O–H groups in total. The molecule has 0 heterocycles. The molecular weight excluding hydrogens is 547 g/mol. The van der Waals surface area contributed by atoms with E-state index in [1.165, 1.54) is 61.2 Å². The Morgan fingerprint density at radius 1 is 0.500 bits per heavy atom. The molecule has 36 heavy (non-hydrogen) atoms. The average Bonchev–Trinajstić information content (AvgIpc) is 3.12. The van der Waals surface area contributed by atoms with Crippen LogP contribution in [-0.4, -0.2) is 3.42 Å². The van der Waals surface area contributed by atoms with Gasteiger partial charge in [0.15, 0.2) is 0 Å². The van der Waals surface area contributed by atoms with Crippen LogP contribution in [0.5, 0.6) is 0 Å². The van der Waals surface area contributed by atoms with Gasteiger partial charge in [-0.15, -0.1) is 0 Å². The molecule has 7 rings (SSSR count). The van der Waals surface area contributed by atoms with Gasteiger partial charge in [-0.3, -0.25) is 0 Å². The van der Waals surface area contributed by atoms with Gasteiger partial charge in [0, 0.05) is 3.42 Å². The molecule has 0 aliphatic heterocycles. The Hall–Kier alpha value is -3.17. The van der Waals surface area contributed by atoms with Crippen LogP contribution in [0.25, 0.3) is 33.4 Å². The van der Waals surface area contributed by atoms with Crippen molar-refractivity contribution in [3.63, 3.8) is 0 Å². The summed E-state index contributed by atoms with van der Waals surface area (Å²) in [5, 5.41) is 0. The van der Waals surface area contributed by atoms with E-state index in [2.05, 4.69) is 152 Å². The van der Waals surface area contributed by atoms with Crippen molar-refractivity contribution in [2.75, 3.05) is 0 Å². The number of hydrogen-bond donors (Lipinski definition) is 0. The maximum Gasteiger partial charge on any atom is 0.0725 e. The van der Waals surface area contributed by atoms with Gasteiger partial charge in [0.25, 0.3) is 0 Å². The van der Waals surface area contributed by atoms with Crippen LogP contribution in [0.15, 0.2) is 115 Å². The molecule has 0 unspecified atom stereocenters. The summed E-state index contributed by atoms with van der Waals surface area (Å²) in [6.45, 7) is 4.62. The summed E-state index contributed by atoms with van der Waals surface area (Å²) in [6.07, 6.45) is 1.05. The summed E-state index contributed by atoms with van der Waals surface area (Å²) >= 11 is 2.57. The fourth-order valence-corrected chi connectivity index (χ4v) is 7.14. The molecular formula is C35H27I. The van der Waals surface area contributed by atoms with E-state index in [-0.39, 0.29) is 8.84 Å². The quantitative estimate of drug-likeness (QED) is 0.143. The molecule has 0 amide bonds. The molecule has 5 aromatic carbocycles. The Bertz CT molecular complexity index is 1580. The van der Waals surface area contributed by atoms with E-state index >= 15 is 0 Å². The summed E-state index contributed by atoms with van der Waals surface area (Å²) in [5.41, 5.74) is 14.6. The number of halogens is 1. The van der Waals surface area contributed by atoms with E-state index < -0.39 is 0 Å². The van der Waals surface area contributed by atoms with Crippen molar-refractivity contribution in [1.29, 1.82) is 0 Å². The molecule has 0 saturated carbocycles. The van der Waals surface area contributed by atoms with E-state index in [4.69, 9.17) is 0 Å². The molecule has 2 aliphatic rings. The highest BCUT2D eigenvalue weighted by molar-refractivity contribution is 14.1. The van der Waals surface area contributed by atoms with Gasteiger partial charge in [-0.1, -0.05) is 152 Å². The number of alkyl halides is 1. The third kappa shape index (κ3) is 3.05. The van der Waals surface area contributed by atoms with Gasteiger partial charge < -0.3 is 0 Å².